The lowest BCUT2D eigenvalue weighted by atomic mass is 9.73. The van der Waals surface area contributed by atoms with Crippen LogP contribution in [0.1, 0.15) is 84.0 Å². The van der Waals surface area contributed by atoms with Crippen molar-refractivity contribution in [2.75, 3.05) is 0 Å². The normalized spacial score (nSPS) is 23.1. The van der Waals surface area contributed by atoms with Gasteiger partial charge in [0.15, 0.2) is 11.6 Å². The third-order valence-electron chi connectivity index (χ3n) is 6.04. The van der Waals surface area contributed by atoms with Gasteiger partial charge in [-0.05, 0) is 25.7 Å². The fourth-order valence-corrected chi connectivity index (χ4v) is 4.56. The molecule has 0 spiro atoms. The third-order valence-corrected chi connectivity index (χ3v) is 6.04. The van der Waals surface area contributed by atoms with Crippen molar-refractivity contribution in [3.8, 4) is 0 Å². The minimum Gasteiger partial charge on any atom is -0.465 e. The highest BCUT2D eigenvalue weighted by atomic mass is 16.5. The summed E-state index contributed by atoms with van der Waals surface area (Å²) in [4.78, 5) is 25.2. The molecule has 3 aliphatic rings. The molecular weight excluding hydrogens is 344 g/mol. The standard InChI is InChI=1S/C22H32O5/c1-2-3-4-5-8-15(23)18(26)13-14-21-16(24)9-6-11-19(21)27-20-12-7-10-17(25)22(14)20/h14-15,18,23,26H,2-13H2,1H3/t15-,18-/m0/s1. The van der Waals surface area contributed by atoms with Crippen LogP contribution in [0.3, 0.4) is 0 Å². The van der Waals surface area contributed by atoms with Gasteiger partial charge < -0.3 is 14.9 Å². The van der Waals surface area contributed by atoms with Crippen LogP contribution in [-0.2, 0) is 14.3 Å². The van der Waals surface area contributed by atoms with E-state index in [0.717, 1.165) is 38.5 Å². The highest BCUT2D eigenvalue weighted by Crippen LogP contribution is 2.45. The van der Waals surface area contributed by atoms with Gasteiger partial charge in [0.1, 0.15) is 11.5 Å². The topological polar surface area (TPSA) is 83.8 Å². The molecule has 0 unspecified atom stereocenters. The first-order valence-corrected chi connectivity index (χ1v) is 10.6. The fourth-order valence-electron chi connectivity index (χ4n) is 4.56. The molecule has 5 heteroatoms. The van der Waals surface area contributed by atoms with Crippen LogP contribution in [0.2, 0.25) is 0 Å². The number of carbonyl (C=O) groups is 2. The van der Waals surface area contributed by atoms with Crippen LogP contribution in [-0.4, -0.2) is 34.0 Å². The Morgan fingerprint density at radius 3 is 2.04 bits per heavy atom. The number of aliphatic hydroxyl groups is 2. The molecule has 1 heterocycles. The zero-order valence-corrected chi connectivity index (χ0v) is 16.3. The van der Waals surface area contributed by atoms with Crippen molar-refractivity contribution in [1.82, 2.24) is 0 Å². The van der Waals surface area contributed by atoms with Crippen molar-refractivity contribution in [1.29, 1.82) is 0 Å². The highest BCUT2D eigenvalue weighted by molar-refractivity contribution is 6.04. The van der Waals surface area contributed by atoms with Crippen molar-refractivity contribution in [2.45, 2.75) is 96.2 Å². The molecule has 0 saturated heterocycles. The molecule has 2 atom stereocenters. The molecule has 0 aromatic carbocycles. The van der Waals surface area contributed by atoms with Crippen LogP contribution in [0.15, 0.2) is 22.7 Å². The molecule has 27 heavy (non-hydrogen) atoms. The molecule has 1 aliphatic heterocycles. The molecule has 0 aromatic heterocycles. The zero-order chi connectivity index (χ0) is 19.4. The predicted octanol–water partition coefficient (Wildman–Crippen LogP) is 3.73. The first-order valence-electron chi connectivity index (χ1n) is 10.6. The Kier molecular flexibility index (Phi) is 6.88. The summed E-state index contributed by atoms with van der Waals surface area (Å²) in [6.07, 6.45) is 7.03. The van der Waals surface area contributed by atoms with Gasteiger partial charge in [-0.25, -0.2) is 0 Å². The van der Waals surface area contributed by atoms with E-state index in [1.807, 2.05) is 0 Å². The maximum atomic E-state index is 12.6. The highest BCUT2D eigenvalue weighted by Gasteiger charge is 2.42. The van der Waals surface area contributed by atoms with Crippen molar-refractivity contribution >= 4 is 11.6 Å². The Morgan fingerprint density at radius 1 is 0.889 bits per heavy atom. The number of ether oxygens (including phenoxy) is 1. The van der Waals surface area contributed by atoms with Gasteiger partial charge >= 0.3 is 0 Å². The van der Waals surface area contributed by atoms with Crippen molar-refractivity contribution < 1.29 is 24.5 Å². The minimum atomic E-state index is -0.943. The second-order valence-electron chi connectivity index (χ2n) is 8.10. The molecule has 0 amide bonds. The summed E-state index contributed by atoms with van der Waals surface area (Å²) in [5.74, 6) is 1.000. The summed E-state index contributed by atoms with van der Waals surface area (Å²) < 4.78 is 5.97. The molecule has 0 fully saturated rings. The van der Waals surface area contributed by atoms with Crippen LogP contribution >= 0.6 is 0 Å². The predicted molar refractivity (Wildman–Crippen MR) is 102 cm³/mol. The maximum Gasteiger partial charge on any atom is 0.162 e. The number of aliphatic hydroxyl groups excluding tert-OH is 2. The molecule has 2 aliphatic carbocycles. The SMILES string of the molecule is CCCCCC[C@H](O)[C@@H](O)CC1C2=C(CCCC2=O)OC2=C1C(=O)CCC2. The van der Waals surface area contributed by atoms with Gasteiger partial charge in [-0.1, -0.05) is 32.6 Å². The average molecular weight is 376 g/mol. The molecule has 3 rings (SSSR count). The van der Waals surface area contributed by atoms with E-state index in [1.54, 1.807) is 0 Å². The molecule has 0 aromatic rings. The number of carbonyl (C=O) groups excluding carboxylic acids is 2. The Morgan fingerprint density at radius 2 is 1.48 bits per heavy atom. The van der Waals surface area contributed by atoms with Gasteiger partial charge in [0.25, 0.3) is 0 Å². The van der Waals surface area contributed by atoms with E-state index in [1.165, 1.54) is 0 Å². The van der Waals surface area contributed by atoms with E-state index in [-0.39, 0.29) is 18.0 Å². The first-order chi connectivity index (χ1) is 13.0. The van der Waals surface area contributed by atoms with E-state index < -0.39 is 18.1 Å². The van der Waals surface area contributed by atoms with Gasteiger partial charge in [0.2, 0.25) is 0 Å². The van der Waals surface area contributed by atoms with Crippen LogP contribution in [0.5, 0.6) is 0 Å². The molecule has 0 radical (unpaired) electrons. The summed E-state index contributed by atoms with van der Waals surface area (Å²) >= 11 is 0. The van der Waals surface area contributed by atoms with Crippen molar-refractivity contribution in [3.05, 3.63) is 22.7 Å². The summed E-state index contributed by atoms with van der Waals surface area (Å²) in [6.45, 7) is 2.13. The van der Waals surface area contributed by atoms with Crippen LogP contribution in [0.4, 0.5) is 0 Å². The fraction of sp³-hybridized carbons (Fsp3) is 0.727. The van der Waals surface area contributed by atoms with Crippen molar-refractivity contribution in [2.24, 2.45) is 5.92 Å². The summed E-state index contributed by atoms with van der Waals surface area (Å²) in [5, 5.41) is 21.0. The van der Waals surface area contributed by atoms with Gasteiger partial charge in [-0.15, -0.1) is 0 Å². The molecule has 2 N–H and O–H groups in total. The number of hydrogen-bond donors (Lipinski definition) is 2. The Hall–Kier alpha value is -1.46. The third kappa shape index (κ3) is 4.52. The maximum absolute atomic E-state index is 12.6. The zero-order valence-electron chi connectivity index (χ0n) is 16.3. The number of rotatable bonds is 8. The number of hydrogen-bond acceptors (Lipinski definition) is 5. The smallest absolute Gasteiger partial charge is 0.162 e. The van der Waals surface area contributed by atoms with E-state index in [9.17, 15) is 19.8 Å². The Bertz CT molecular complexity index is 603. The molecule has 0 bridgehead atoms. The lowest BCUT2D eigenvalue weighted by Gasteiger charge is -2.37. The Labute approximate surface area is 161 Å². The van der Waals surface area contributed by atoms with E-state index in [2.05, 4.69) is 6.92 Å². The second kappa shape index (κ2) is 9.16. The number of allylic oxidation sites excluding steroid dienone is 4. The van der Waals surface area contributed by atoms with Gasteiger partial charge in [-0.2, -0.15) is 0 Å². The van der Waals surface area contributed by atoms with Crippen LogP contribution < -0.4 is 0 Å². The first kappa shape index (κ1) is 20.3. The van der Waals surface area contributed by atoms with Crippen molar-refractivity contribution in [3.63, 3.8) is 0 Å². The summed E-state index contributed by atoms with van der Waals surface area (Å²) in [5.41, 5.74) is 1.15. The Balaban J connectivity index is 1.77. The summed E-state index contributed by atoms with van der Waals surface area (Å²) in [7, 11) is 0. The van der Waals surface area contributed by atoms with Gasteiger partial charge in [0.05, 0.1) is 12.2 Å². The van der Waals surface area contributed by atoms with Gasteiger partial charge in [0, 0.05) is 42.7 Å². The molecule has 150 valence electrons. The van der Waals surface area contributed by atoms with Crippen LogP contribution in [0.25, 0.3) is 0 Å². The minimum absolute atomic E-state index is 0.0239. The monoisotopic (exact) mass is 376 g/mol. The number of unbranched alkanes of at least 4 members (excludes halogenated alkanes) is 3. The quantitative estimate of drug-likeness (QED) is 0.631. The summed E-state index contributed by atoms with van der Waals surface area (Å²) in [6, 6.07) is 0. The molecule has 0 saturated carbocycles. The lowest BCUT2D eigenvalue weighted by Crippen LogP contribution is -2.36. The average Bonchev–Trinajstić information content (AvgIpc) is 2.64. The van der Waals surface area contributed by atoms with E-state index >= 15 is 0 Å². The molecular formula is C22H32O5. The number of Topliss-reactive ketones (excluding diaryl/α,β-unsaturated/α-hetero) is 2. The van der Waals surface area contributed by atoms with Gasteiger partial charge in [-0.3, -0.25) is 9.59 Å². The lowest BCUT2D eigenvalue weighted by molar-refractivity contribution is -0.118. The number of ketones is 2. The van der Waals surface area contributed by atoms with E-state index in [0.29, 0.717) is 54.8 Å². The largest absolute Gasteiger partial charge is 0.465 e. The second-order valence-corrected chi connectivity index (χ2v) is 8.10. The van der Waals surface area contributed by atoms with Crippen LogP contribution in [0, 0.1) is 5.92 Å². The van der Waals surface area contributed by atoms with E-state index in [4.69, 9.17) is 4.74 Å². The molecule has 5 nitrogen and oxygen atoms in total.